The van der Waals surface area contributed by atoms with Crippen LogP contribution in [0.25, 0.3) is 22.4 Å². The fourth-order valence-corrected chi connectivity index (χ4v) is 2.73. The Hall–Kier alpha value is -2.34. The zero-order valence-corrected chi connectivity index (χ0v) is 12.9. The molecule has 6 heteroatoms. The molecule has 2 aromatic heterocycles. The standard InChI is InChI=1S/C15H13BrN4O/c1-21-12-5-4-9(7-11(12)16)14-13(15(17)20-19-14)10-3-2-6-18-8-10/h2-8H,1H3,(H3,17,19,20). The molecule has 0 aliphatic rings. The Labute approximate surface area is 130 Å². The first-order chi connectivity index (χ1) is 10.2. The summed E-state index contributed by atoms with van der Waals surface area (Å²) in [7, 11) is 1.63. The molecule has 21 heavy (non-hydrogen) atoms. The van der Waals surface area contributed by atoms with Crippen molar-refractivity contribution in [3.63, 3.8) is 0 Å². The number of pyridine rings is 1. The van der Waals surface area contributed by atoms with Crippen LogP contribution in [0.5, 0.6) is 5.75 Å². The quantitative estimate of drug-likeness (QED) is 0.762. The second kappa shape index (κ2) is 5.57. The van der Waals surface area contributed by atoms with E-state index in [0.29, 0.717) is 5.82 Å². The van der Waals surface area contributed by atoms with Gasteiger partial charge in [-0.25, -0.2) is 0 Å². The van der Waals surface area contributed by atoms with E-state index in [9.17, 15) is 0 Å². The maximum Gasteiger partial charge on any atom is 0.153 e. The first kappa shape index (κ1) is 13.6. The number of aromatic nitrogens is 3. The Morgan fingerprint density at radius 3 is 2.76 bits per heavy atom. The summed E-state index contributed by atoms with van der Waals surface area (Å²) in [4.78, 5) is 4.13. The summed E-state index contributed by atoms with van der Waals surface area (Å²) in [5.74, 6) is 1.22. The monoisotopic (exact) mass is 344 g/mol. The number of hydrogen-bond donors (Lipinski definition) is 2. The van der Waals surface area contributed by atoms with Crippen molar-refractivity contribution in [2.24, 2.45) is 0 Å². The van der Waals surface area contributed by atoms with E-state index >= 15 is 0 Å². The van der Waals surface area contributed by atoms with E-state index in [-0.39, 0.29) is 0 Å². The van der Waals surface area contributed by atoms with Crippen molar-refractivity contribution in [1.82, 2.24) is 15.2 Å². The van der Waals surface area contributed by atoms with Gasteiger partial charge in [-0.15, -0.1) is 0 Å². The maximum absolute atomic E-state index is 6.00. The van der Waals surface area contributed by atoms with Crippen LogP contribution in [0, 0.1) is 0 Å². The normalized spacial score (nSPS) is 10.6. The average molecular weight is 345 g/mol. The van der Waals surface area contributed by atoms with Gasteiger partial charge in [0.2, 0.25) is 0 Å². The number of anilines is 1. The molecule has 0 bridgehead atoms. The lowest BCUT2D eigenvalue weighted by Gasteiger charge is -2.07. The number of benzene rings is 1. The van der Waals surface area contributed by atoms with E-state index in [1.165, 1.54) is 0 Å². The number of methoxy groups -OCH3 is 1. The molecular weight excluding hydrogens is 332 g/mol. The lowest BCUT2D eigenvalue weighted by atomic mass is 10.0. The molecular formula is C15H13BrN4O. The highest BCUT2D eigenvalue weighted by molar-refractivity contribution is 9.10. The third-order valence-corrected chi connectivity index (χ3v) is 3.80. The SMILES string of the molecule is COc1ccc(-c2[nH]nc(N)c2-c2cccnc2)cc1Br. The molecule has 0 saturated carbocycles. The van der Waals surface area contributed by atoms with Gasteiger partial charge in [-0.2, -0.15) is 5.10 Å². The number of halogens is 1. The molecule has 3 aromatic rings. The zero-order chi connectivity index (χ0) is 14.8. The summed E-state index contributed by atoms with van der Waals surface area (Å²) >= 11 is 3.49. The number of rotatable bonds is 3. The molecule has 2 heterocycles. The van der Waals surface area contributed by atoms with Crippen molar-refractivity contribution in [2.45, 2.75) is 0 Å². The number of nitrogen functional groups attached to an aromatic ring is 1. The summed E-state index contributed by atoms with van der Waals surface area (Å²) in [5, 5.41) is 7.11. The molecule has 106 valence electrons. The number of nitrogens with one attached hydrogen (secondary N) is 1. The van der Waals surface area contributed by atoms with Gasteiger partial charge < -0.3 is 10.5 Å². The van der Waals surface area contributed by atoms with E-state index in [4.69, 9.17) is 10.5 Å². The van der Waals surface area contributed by atoms with Gasteiger partial charge in [0.05, 0.1) is 22.8 Å². The molecule has 3 rings (SSSR count). The van der Waals surface area contributed by atoms with Gasteiger partial charge in [-0.1, -0.05) is 6.07 Å². The molecule has 5 nitrogen and oxygen atoms in total. The van der Waals surface area contributed by atoms with Crippen LogP contribution in [0.15, 0.2) is 47.2 Å². The van der Waals surface area contributed by atoms with Crippen molar-refractivity contribution in [1.29, 1.82) is 0 Å². The smallest absolute Gasteiger partial charge is 0.153 e. The van der Waals surface area contributed by atoms with Crippen molar-refractivity contribution in [3.05, 3.63) is 47.2 Å². The zero-order valence-electron chi connectivity index (χ0n) is 11.3. The van der Waals surface area contributed by atoms with Crippen LogP contribution in [-0.2, 0) is 0 Å². The second-order valence-corrected chi connectivity index (χ2v) is 5.30. The van der Waals surface area contributed by atoms with E-state index in [0.717, 1.165) is 32.6 Å². The predicted octanol–water partition coefficient (Wildman–Crippen LogP) is 3.49. The highest BCUT2D eigenvalue weighted by atomic mass is 79.9. The highest BCUT2D eigenvalue weighted by Crippen LogP contribution is 2.37. The average Bonchev–Trinajstić information content (AvgIpc) is 2.90. The van der Waals surface area contributed by atoms with Crippen molar-refractivity contribution >= 4 is 21.7 Å². The molecule has 0 aliphatic carbocycles. The van der Waals surface area contributed by atoms with E-state index < -0.39 is 0 Å². The summed E-state index contributed by atoms with van der Waals surface area (Å²) in [6, 6.07) is 9.64. The van der Waals surface area contributed by atoms with Crippen molar-refractivity contribution < 1.29 is 4.74 Å². The number of nitrogens with zero attached hydrogens (tertiary/aromatic N) is 2. The first-order valence-corrected chi connectivity index (χ1v) is 7.08. The predicted molar refractivity (Wildman–Crippen MR) is 85.9 cm³/mol. The molecule has 0 unspecified atom stereocenters. The van der Waals surface area contributed by atoms with Crippen LogP contribution < -0.4 is 10.5 Å². The minimum absolute atomic E-state index is 0.449. The van der Waals surface area contributed by atoms with E-state index in [1.807, 2.05) is 30.3 Å². The fraction of sp³-hybridized carbons (Fsp3) is 0.0667. The summed E-state index contributed by atoms with van der Waals surface area (Å²) < 4.78 is 6.12. The Kier molecular flexibility index (Phi) is 3.62. The van der Waals surface area contributed by atoms with Crippen LogP contribution in [0.4, 0.5) is 5.82 Å². The van der Waals surface area contributed by atoms with Gasteiger partial charge in [0.1, 0.15) is 5.75 Å². The third-order valence-electron chi connectivity index (χ3n) is 3.18. The molecule has 0 fully saturated rings. The molecule has 0 amide bonds. The Bertz CT molecular complexity index is 771. The summed E-state index contributed by atoms with van der Waals surface area (Å²) in [6.07, 6.45) is 3.49. The van der Waals surface area contributed by atoms with Crippen LogP contribution >= 0.6 is 15.9 Å². The lowest BCUT2D eigenvalue weighted by Crippen LogP contribution is -1.90. The second-order valence-electron chi connectivity index (χ2n) is 4.45. The molecule has 0 aliphatic heterocycles. The lowest BCUT2D eigenvalue weighted by molar-refractivity contribution is 0.412. The van der Waals surface area contributed by atoms with Crippen LogP contribution in [0.2, 0.25) is 0 Å². The van der Waals surface area contributed by atoms with Crippen LogP contribution in [0.1, 0.15) is 0 Å². The van der Waals surface area contributed by atoms with Crippen LogP contribution in [-0.4, -0.2) is 22.3 Å². The van der Waals surface area contributed by atoms with Gasteiger partial charge in [-0.05, 0) is 40.2 Å². The number of H-pyrrole nitrogens is 1. The van der Waals surface area contributed by atoms with E-state index in [2.05, 4.69) is 31.1 Å². The summed E-state index contributed by atoms with van der Waals surface area (Å²) in [6.45, 7) is 0. The van der Waals surface area contributed by atoms with Gasteiger partial charge >= 0.3 is 0 Å². The Balaban J connectivity index is 2.14. The molecule has 0 spiro atoms. The Morgan fingerprint density at radius 1 is 1.24 bits per heavy atom. The maximum atomic E-state index is 6.00. The molecule has 0 radical (unpaired) electrons. The number of ether oxygens (including phenoxy) is 1. The third kappa shape index (κ3) is 2.50. The van der Waals surface area contributed by atoms with Gasteiger partial charge in [0, 0.05) is 23.5 Å². The van der Waals surface area contributed by atoms with Crippen molar-refractivity contribution in [2.75, 3.05) is 12.8 Å². The van der Waals surface area contributed by atoms with Gasteiger partial charge in [0.25, 0.3) is 0 Å². The van der Waals surface area contributed by atoms with Gasteiger partial charge in [-0.3, -0.25) is 10.1 Å². The molecule has 3 N–H and O–H groups in total. The largest absolute Gasteiger partial charge is 0.496 e. The Morgan fingerprint density at radius 2 is 2.10 bits per heavy atom. The summed E-state index contributed by atoms with van der Waals surface area (Å²) in [5.41, 5.74) is 9.58. The molecule has 0 saturated heterocycles. The van der Waals surface area contributed by atoms with Crippen LogP contribution in [0.3, 0.4) is 0 Å². The van der Waals surface area contributed by atoms with Gasteiger partial charge in [0.15, 0.2) is 5.82 Å². The molecule has 1 aromatic carbocycles. The minimum Gasteiger partial charge on any atom is -0.496 e. The fourth-order valence-electron chi connectivity index (χ4n) is 2.19. The highest BCUT2D eigenvalue weighted by Gasteiger charge is 2.15. The van der Waals surface area contributed by atoms with E-state index in [1.54, 1.807) is 19.5 Å². The number of hydrogen-bond acceptors (Lipinski definition) is 4. The number of aromatic amines is 1. The minimum atomic E-state index is 0.449. The topological polar surface area (TPSA) is 76.8 Å². The van der Waals surface area contributed by atoms with Crippen molar-refractivity contribution in [3.8, 4) is 28.1 Å². The number of nitrogens with two attached hydrogens (primary N) is 1. The molecule has 0 atom stereocenters. The first-order valence-electron chi connectivity index (χ1n) is 6.29.